The van der Waals surface area contributed by atoms with Crippen molar-refractivity contribution < 1.29 is 66.1 Å². The van der Waals surface area contributed by atoms with E-state index in [-0.39, 0.29) is 46.8 Å². The number of carbonyl (C=O) groups is 1. The second-order valence-electron chi connectivity index (χ2n) is 14.2. The molecule has 1 heterocycles. The average Bonchev–Trinajstić information content (AvgIpc) is 3.53. The molecule has 0 aromatic carbocycles. The van der Waals surface area contributed by atoms with Gasteiger partial charge in [0, 0.05) is 6.92 Å². The Labute approximate surface area is 262 Å². The summed E-state index contributed by atoms with van der Waals surface area (Å²) in [6.45, 7) is 15.0. The van der Waals surface area contributed by atoms with Gasteiger partial charge in [0.2, 0.25) is 10.4 Å². The van der Waals surface area contributed by atoms with Gasteiger partial charge in [-0.1, -0.05) is 53.2 Å². The molecule has 1 N–H and O–H groups in total. The van der Waals surface area contributed by atoms with E-state index in [1.54, 1.807) is 0 Å². The molecule has 10 heteroatoms. The Morgan fingerprint density at radius 1 is 1.07 bits per heavy atom. The summed E-state index contributed by atoms with van der Waals surface area (Å²) >= 11 is 0. The first-order valence-corrected chi connectivity index (χ1v) is 16.3. The summed E-state index contributed by atoms with van der Waals surface area (Å²) in [6.07, 6.45) is 4.63. The number of rotatable bonds is 7. The minimum atomic E-state index is -5.07. The maximum absolute atomic E-state index is 11.8. The Kier molecular flexibility index (Phi) is 9.45. The summed E-state index contributed by atoms with van der Waals surface area (Å²) in [5, 5.41) is 11.1. The number of allylic oxidation sites excluding steroid dienone is 2. The second kappa shape index (κ2) is 11.5. The van der Waals surface area contributed by atoms with Gasteiger partial charge in [-0.25, -0.2) is 8.42 Å². The van der Waals surface area contributed by atoms with Crippen LogP contribution in [-0.2, 0) is 28.9 Å². The number of hydrogen-bond acceptors (Lipinski definition) is 8. The first kappa shape index (κ1) is 32.9. The van der Waals surface area contributed by atoms with E-state index >= 15 is 0 Å². The topological polar surface area (TPSA) is 125 Å². The van der Waals surface area contributed by atoms with Crippen LogP contribution < -0.4 is 29.6 Å². The van der Waals surface area contributed by atoms with Crippen LogP contribution in [0.15, 0.2) is 11.6 Å². The van der Waals surface area contributed by atoms with Crippen LogP contribution in [0, 0.1) is 52.3 Å². The van der Waals surface area contributed by atoms with E-state index in [2.05, 4.69) is 47.6 Å². The molecule has 8 nitrogen and oxygen atoms in total. The molecule has 0 aromatic rings. The Balaban J connectivity index is 0.00000370. The van der Waals surface area contributed by atoms with Crippen LogP contribution in [0.3, 0.4) is 0 Å². The zero-order valence-corrected chi connectivity index (χ0v) is 28.3. The first-order chi connectivity index (χ1) is 18.1. The zero-order chi connectivity index (χ0) is 28.7. The summed E-state index contributed by atoms with van der Waals surface area (Å²) in [6, 6.07) is 0. The molecule has 0 bridgehead atoms. The number of aliphatic hydroxyl groups is 1. The third-order valence-corrected chi connectivity index (χ3v) is 12.5. The molecule has 3 saturated carbocycles. The Bertz CT molecular complexity index is 1110. The molecule has 0 spiro atoms. The van der Waals surface area contributed by atoms with E-state index in [1.165, 1.54) is 18.9 Å². The maximum Gasteiger partial charge on any atom is 1.00 e. The van der Waals surface area contributed by atoms with Crippen molar-refractivity contribution in [2.24, 2.45) is 52.3 Å². The van der Waals surface area contributed by atoms with E-state index in [9.17, 15) is 22.9 Å². The van der Waals surface area contributed by atoms with Crippen molar-refractivity contribution in [1.29, 1.82) is 0 Å². The van der Waals surface area contributed by atoms with E-state index in [0.29, 0.717) is 54.6 Å². The molecule has 13 atom stereocenters. The Morgan fingerprint density at radius 2 is 1.73 bits per heavy atom. The third-order valence-electron chi connectivity index (χ3n) is 12.0. The number of carbonyl (C=O) groups excluding carboxylic acids is 1. The number of epoxide rings is 1. The molecule has 1 aliphatic heterocycles. The van der Waals surface area contributed by atoms with Gasteiger partial charge in [-0.3, -0.25) is 8.98 Å². The molecule has 5 aliphatic rings. The van der Waals surface area contributed by atoms with Gasteiger partial charge in [-0.05, 0) is 90.8 Å². The van der Waals surface area contributed by atoms with Crippen LogP contribution >= 0.6 is 0 Å². The maximum atomic E-state index is 11.8. The molecular formula is C30H47NaO8S. The minimum Gasteiger partial charge on any atom is -0.726 e. The fourth-order valence-electron chi connectivity index (χ4n) is 9.69. The van der Waals surface area contributed by atoms with Crippen molar-refractivity contribution >= 4 is 16.4 Å². The minimum absolute atomic E-state index is 0. The average molecular weight is 591 g/mol. The van der Waals surface area contributed by atoms with Gasteiger partial charge in [0.1, 0.15) is 6.10 Å². The fraction of sp³-hybridized carbons (Fsp3) is 0.900. The molecule has 222 valence electrons. The molecule has 0 aromatic heterocycles. The van der Waals surface area contributed by atoms with E-state index in [0.717, 1.165) is 19.3 Å². The van der Waals surface area contributed by atoms with Gasteiger partial charge in [0.25, 0.3) is 0 Å². The summed E-state index contributed by atoms with van der Waals surface area (Å²) < 4.78 is 51.8. The van der Waals surface area contributed by atoms with Crippen molar-refractivity contribution in [2.45, 2.75) is 118 Å². The number of esters is 1. The van der Waals surface area contributed by atoms with Gasteiger partial charge in [-0.15, -0.1) is 0 Å². The number of ether oxygens (including phenoxy) is 2. The molecule has 0 radical (unpaired) electrons. The smallest absolute Gasteiger partial charge is 0.726 e. The fourth-order valence-corrected chi connectivity index (χ4v) is 10.2. The quantitative estimate of drug-likeness (QED) is 0.118. The van der Waals surface area contributed by atoms with Crippen molar-refractivity contribution in [3.63, 3.8) is 0 Å². The number of hydrogen-bond donors (Lipinski definition) is 1. The van der Waals surface area contributed by atoms with Gasteiger partial charge >= 0.3 is 35.5 Å². The summed E-state index contributed by atoms with van der Waals surface area (Å²) in [5.41, 5.74) is 1.13. The van der Waals surface area contributed by atoms with Crippen LogP contribution in [0.25, 0.3) is 0 Å². The van der Waals surface area contributed by atoms with Gasteiger partial charge in [-0.2, -0.15) is 0 Å². The van der Waals surface area contributed by atoms with Crippen molar-refractivity contribution in [1.82, 2.24) is 0 Å². The molecule has 0 amide bonds. The van der Waals surface area contributed by atoms with Crippen molar-refractivity contribution in [3.05, 3.63) is 11.6 Å². The van der Waals surface area contributed by atoms with Crippen LogP contribution in [0.2, 0.25) is 0 Å². The van der Waals surface area contributed by atoms with Crippen LogP contribution in [-0.4, -0.2) is 54.6 Å². The molecule has 40 heavy (non-hydrogen) atoms. The van der Waals surface area contributed by atoms with E-state index < -0.39 is 40.1 Å². The standard InChI is InChI=1S/C30H48O8S.Na/c1-15(2)16(3)25-26(37-25)17(4)20-10-11-21-19-8-9-23-27(38-39(33,34)35)28(36-18(5)31)24(32)14-30(23,7)22(19)12-13-29(20,21)6;/h8,15-17,20-28,32H,9-14H2,1-7H3,(H,33,34,35);/q;+1/p-1/t16-,17+,20-,21?,22?,23?,24-,25+,26+,27+,28+,29-,30-;/m1./s1. The number of aliphatic hydroxyl groups excluding tert-OH is 1. The van der Waals surface area contributed by atoms with Crippen molar-refractivity contribution in [3.8, 4) is 0 Å². The Morgan fingerprint density at radius 3 is 2.33 bits per heavy atom. The Hall–Kier alpha value is -0.000000000000000222. The molecule has 3 unspecified atom stereocenters. The summed E-state index contributed by atoms with van der Waals surface area (Å²) in [4.78, 5) is 11.8. The van der Waals surface area contributed by atoms with Gasteiger partial charge < -0.3 is 19.1 Å². The predicted molar refractivity (Wildman–Crippen MR) is 144 cm³/mol. The van der Waals surface area contributed by atoms with Crippen molar-refractivity contribution in [2.75, 3.05) is 0 Å². The third kappa shape index (κ3) is 5.64. The van der Waals surface area contributed by atoms with Crippen LogP contribution in [0.4, 0.5) is 0 Å². The molecule has 4 aliphatic carbocycles. The first-order valence-electron chi connectivity index (χ1n) is 14.9. The normalized spacial score (nSPS) is 45.8. The molecular weight excluding hydrogens is 543 g/mol. The van der Waals surface area contributed by atoms with Crippen LogP contribution in [0.5, 0.6) is 0 Å². The van der Waals surface area contributed by atoms with Gasteiger partial charge in [0.05, 0.1) is 18.3 Å². The zero-order valence-electron chi connectivity index (χ0n) is 25.5. The van der Waals surface area contributed by atoms with E-state index in [1.807, 2.05) is 0 Å². The SMILES string of the molecule is CC(=O)O[C@H]1[C@H](O)C[C@]2(C)C3CC[C@@]4(C)C(CC[C@@H]4[C@H](C)[C@@H]4O[C@H]4[C@H](C)C(C)C)C3=CCC2[C@@H]1OS(=O)(=O)[O-].[Na+]. The van der Waals surface area contributed by atoms with Gasteiger partial charge in [0.15, 0.2) is 6.10 Å². The molecule has 4 fully saturated rings. The monoisotopic (exact) mass is 590 g/mol. The summed E-state index contributed by atoms with van der Waals surface area (Å²) in [5.74, 6) is 1.82. The molecule has 1 saturated heterocycles. The summed E-state index contributed by atoms with van der Waals surface area (Å²) in [7, 11) is -5.07. The van der Waals surface area contributed by atoms with Crippen LogP contribution in [0.1, 0.15) is 87.0 Å². The second-order valence-corrected chi connectivity index (χ2v) is 15.2. The number of fused-ring (bicyclic) bond motifs is 5. The largest absolute Gasteiger partial charge is 1.00 e. The van der Waals surface area contributed by atoms with E-state index in [4.69, 9.17) is 13.7 Å². The predicted octanol–water partition coefficient (Wildman–Crippen LogP) is 1.62. The molecule has 5 rings (SSSR count).